The summed E-state index contributed by atoms with van der Waals surface area (Å²) < 4.78 is 5.08. The number of carbonyl (C=O) groups excluding carboxylic acids is 1. The van der Waals surface area contributed by atoms with E-state index in [1.165, 1.54) is 26.2 Å². The maximum atomic E-state index is 12.6. The summed E-state index contributed by atoms with van der Waals surface area (Å²) in [4.78, 5) is 17.3. The molecule has 1 fully saturated rings. The zero-order valence-electron chi connectivity index (χ0n) is 13.2. The van der Waals surface area contributed by atoms with Crippen LogP contribution >= 0.6 is 11.8 Å². The summed E-state index contributed by atoms with van der Waals surface area (Å²) in [5.41, 5.74) is 1.29. The fourth-order valence-electron chi connectivity index (χ4n) is 2.80. The molecule has 1 aliphatic carbocycles. The third-order valence-electron chi connectivity index (χ3n) is 3.92. The lowest BCUT2D eigenvalue weighted by atomic mass is 9.85. The van der Waals surface area contributed by atoms with Crippen molar-refractivity contribution in [2.24, 2.45) is 11.1 Å². The number of carbonyl (C=O) groups is 1. The number of hydrogen-bond donors (Lipinski definition) is 0. The molecular weight excluding hydrogens is 298 g/mol. The Morgan fingerprint density at radius 2 is 1.95 bits per heavy atom. The Bertz CT molecular complexity index is 504. The van der Waals surface area contributed by atoms with Crippen LogP contribution in [0.3, 0.4) is 0 Å². The first-order chi connectivity index (χ1) is 10.8. The van der Waals surface area contributed by atoms with E-state index in [0.717, 1.165) is 25.0 Å². The van der Waals surface area contributed by atoms with E-state index >= 15 is 0 Å². The van der Waals surface area contributed by atoms with Crippen molar-refractivity contribution < 1.29 is 14.4 Å². The lowest BCUT2D eigenvalue weighted by Crippen LogP contribution is -2.35. The van der Waals surface area contributed by atoms with E-state index in [2.05, 4.69) is 17.3 Å². The number of benzene rings is 1. The summed E-state index contributed by atoms with van der Waals surface area (Å²) in [7, 11) is 2.89. The first-order valence-electron chi connectivity index (χ1n) is 7.61. The molecule has 0 aliphatic heterocycles. The molecule has 1 saturated carbocycles. The summed E-state index contributed by atoms with van der Waals surface area (Å²) in [5.74, 6) is 0.949. The largest absolute Gasteiger partial charge is 0.476 e. The first kappa shape index (κ1) is 16.9. The predicted molar refractivity (Wildman–Crippen MR) is 89.9 cm³/mol. The van der Waals surface area contributed by atoms with Gasteiger partial charge >= 0.3 is 0 Å². The highest BCUT2D eigenvalue weighted by Crippen LogP contribution is 2.36. The Morgan fingerprint density at radius 1 is 1.23 bits per heavy atom. The molecule has 0 saturated heterocycles. The lowest BCUT2D eigenvalue weighted by Gasteiger charge is -2.29. The van der Waals surface area contributed by atoms with Crippen LogP contribution in [0.1, 0.15) is 31.2 Å². The highest BCUT2D eigenvalue weighted by Gasteiger charge is 2.34. The van der Waals surface area contributed by atoms with Gasteiger partial charge in [-0.3, -0.25) is 4.79 Å². The van der Waals surface area contributed by atoms with Gasteiger partial charge in [0, 0.05) is 16.9 Å². The number of nitrogens with zero attached hydrogens (tertiary/aromatic N) is 1. The van der Waals surface area contributed by atoms with Crippen LogP contribution in [0.15, 0.2) is 35.5 Å². The van der Waals surface area contributed by atoms with Gasteiger partial charge in [0.1, 0.15) is 7.11 Å². The van der Waals surface area contributed by atoms with E-state index < -0.39 is 0 Å². The molecular formula is C17H23NO3S. The summed E-state index contributed by atoms with van der Waals surface area (Å²) in [6.07, 6.45) is 4.23. The maximum absolute atomic E-state index is 12.6. The molecule has 0 spiro atoms. The van der Waals surface area contributed by atoms with Crippen LogP contribution in [-0.2, 0) is 20.1 Å². The summed E-state index contributed by atoms with van der Waals surface area (Å²) in [6.45, 7) is 0. The van der Waals surface area contributed by atoms with E-state index in [4.69, 9.17) is 9.57 Å². The standard InChI is InChI=1S/C17H23NO3S/c1-20-17(18-21-2)16(19)14-10-6-7-11-15(14)22-12-13-8-4-3-5-9-13/h3-5,8-9,14-15H,6-7,10-12H2,1-2H3. The van der Waals surface area contributed by atoms with Crippen LogP contribution < -0.4 is 0 Å². The van der Waals surface area contributed by atoms with Crippen LogP contribution in [0, 0.1) is 5.92 Å². The van der Waals surface area contributed by atoms with Crippen LogP contribution in [0.25, 0.3) is 0 Å². The SMILES string of the molecule is CON=C(OC)C(=O)C1CCCCC1SCc1ccccc1. The quantitative estimate of drug-likeness (QED) is 0.456. The van der Waals surface area contributed by atoms with Gasteiger partial charge in [-0.05, 0) is 23.6 Å². The molecule has 4 nitrogen and oxygen atoms in total. The Balaban J connectivity index is 2.01. The monoisotopic (exact) mass is 321 g/mol. The lowest BCUT2D eigenvalue weighted by molar-refractivity contribution is -0.118. The number of methoxy groups -OCH3 is 1. The smallest absolute Gasteiger partial charge is 0.294 e. The molecule has 1 aromatic carbocycles. The van der Waals surface area contributed by atoms with Crippen LogP contribution in [0.2, 0.25) is 0 Å². The number of Topliss-reactive ketones (excluding diaryl/α,β-unsaturated/α-hetero) is 1. The van der Waals surface area contributed by atoms with Crippen molar-refractivity contribution in [2.75, 3.05) is 14.2 Å². The van der Waals surface area contributed by atoms with Gasteiger partial charge in [0.25, 0.3) is 5.90 Å². The zero-order valence-corrected chi connectivity index (χ0v) is 14.0. The molecule has 0 radical (unpaired) electrons. The van der Waals surface area contributed by atoms with Gasteiger partial charge in [-0.1, -0.05) is 43.2 Å². The molecule has 0 heterocycles. The first-order valence-corrected chi connectivity index (χ1v) is 8.66. The van der Waals surface area contributed by atoms with Crippen LogP contribution in [0.4, 0.5) is 0 Å². The fourth-order valence-corrected chi connectivity index (χ4v) is 4.22. The second kappa shape index (κ2) is 8.83. The Kier molecular flexibility index (Phi) is 6.77. The van der Waals surface area contributed by atoms with Crippen molar-refractivity contribution in [1.29, 1.82) is 0 Å². The number of rotatable bonds is 6. The Labute approximate surface area is 136 Å². The Hall–Kier alpha value is -1.49. The molecule has 2 unspecified atom stereocenters. The molecule has 0 aromatic heterocycles. The maximum Gasteiger partial charge on any atom is 0.294 e. The third-order valence-corrected chi connectivity index (χ3v) is 5.42. The second-order valence-electron chi connectivity index (χ2n) is 5.37. The van der Waals surface area contributed by atoms with Crippen molar-refractivity contribution in [3.05, 3.63) is 35.9 Å². The molecule has 1 aliphatic rings. The molecule has 2 atom stereocenters. The molecule has 1 aromatic rings. The van der Waals surface area contributed by atoms with E-state index in [-0.39, 0.29) is 17.6 Å². The molecule has 5 heteroatoms. The number of ketones is 1. The van der Waals surface area contributed by atoms with Gasteiger partial charge in [0.2, 0.25) is 5.78 Å². The van der Waals surface area contributed by atoms with Crippen molar-refractivity contribution in [3.8, 4) is 0 Å². The van der Waals surface area contributed by atoms with Crippen LogP contribution in [0.5, 0.6) is 0 Å². The fraction of sp³-hybridized carbons (Fsp3) is 0.529. The summed E-state index contributed by atoms with van der Waals surface area (Å²) in [6, 6.07) is 10.4. The van der Waals surface area contributed by atoms with Gasteiger partial charge in [0.15, 0.2) is 0 Å². The Morgan fingerprint density at radius 3 is 2.64 bits per heavy atom. The molecule has 120 valence electrons. The minimum atomic E-state index is -0.0328. The summed E-state index contributed by atoms with van der Waals surface area (Å²) in [5, 5.41) is 4.02. The zero-order chi connectivity index (χ0) is 15.8. The second-order valence-corrected chi connectivity index (χ2v) is 6.60. The average molecular weight is 321 g/mol. The minimum Gasteiger partial charge on any atom is -0.476 e. The molecule has 22 heavy (non-hydrogen) atoms. The van der Waals surface area contributed by atoms with Gasteiger partial charge < -0.3 is 9.57 Å². The van der Waals surface area contributed by atoms with E-state index in [9.17, 15) is 4.79 Å². The summed E-state index contributed by atoms with van der Waals surface area (Å²) >= 11 is 1.86. The van der Waals surface area contributed by atoms with E-state index in [0.29, 0.717) is 5.25 Å². The number of hydrogen-bond acceptors (Lipinski definition) is 5. The van der Waals surface area contributed by atoms with Gasteiger partial charge in [-0.15, -0.1) is 0 Å². The normalized spacial score (nSPS) is 22.2. The molecule has 0 amide bonds. The van der Waals surface area contributed by atoms with Gasteiger partial charge in [-0.25, -0.2) is 0 Å². The molecule has 2 rings (SSSR count). The van der Waals surface area contributed by atoms with Crippen LogP contribution in [-0.4, -0.2) is 31.2 Å². The van der Waals surface area contributed by atoms with Crippen molar-refractivity contribution in [3.63, 3.8) is 0 Å². The highest BCUT2D eigenvalue weighted by atomic mass is 32.2. The predicted octanol–water partition coefficient (Wildman–Crippen LogP) is 3.65. The molecule has 0 bridgehead atoms. The minimum absolute atomic E-state index is 0.0312. The number of ether oxygens (including phenoxy) is 1. The molecule has 0 N–H and O–H groups in total. The van der Waals surface area contributed by atoms with Gasteiger partial charge in [-0.2, -0.15) is 11.8 Å². The highest BCUT2D eigenvalue weighted by molar-refractivity contribution is 7.99. The van der Waals surface area contributed by atoms with Crippen molar-refractivity contribution in [2.45, 2.75) is 36.7 Å². The van der Waals surface area contributed by atoms with Gasteiger partial charge in [0.05, 0.1) is 7.11 Å². The number of oxime groups is 1. The topological polar surface area (TPSA) is 47.9 Å². The van der Waals surface area contributed by atoms with Crippen molar-refractivity contribution in [1.82, 2.24) is 0 Å². The van der Waals surface area contributed by atoms with E-state index in [1.54, 1.807) is 0 Å². The third kappa shape index (κ3) is 4.50. The number of thioether (sulfide) groups is 1. The van der Waals surface area contributed by atoms with Crippen molar-refractivity contribution >= 4 is 23.4 Å². The van der Waals surface area contributed by atoms with E-state index in [1.807, 2.05) is 30.0 Å². The average Bonchev–Trinajstić information content (AvgIpc) is 2.58.